The smallest absolute Gasteiger partial charge is 0.303 e. The van der Waals surface area contributed by atoms with Crippen LogP contribution in [0.2, 0.25) is 0 Å². The van der Waals surface area contributed by atoms with Gasteiger partial charge in [-0.15, -0.1) is 0 Å². The molecule has 3 nitrogen and oxygen atoms in total. The van der Waals surface area contributed by atoms with Crippen molar-refractivity contribution in [2.75, 3.05) is 13.1 Å². The zero-order valence-corrected chi connectivity index (χ0v) is 7.55. The minimum Gasteiger partial charge on any atom is -0.481 e. The van der Waals surface area contributed by atoms with Crippen molar-refractivity contribution in [1.29, 1.82) is 0 Å². The number of aliphatic carboxylic acids is 1. The van der Waals surface area contributed by atoms with Crippen LogP contribution in [0.5, 0.6) is 0 Å². The summed E-state index contributed by atoms with van der Waals surface area (Å²) in [6.07, 6.45) is 2.68. The van der Waals surface area contributed by atoms with Gasteiger partial charge < -0.3 is 10.4 Å². The number of rotatable bonds is 3. The summed E-state index contributed by atoms with van der Waals surface area (Å²) in [7, 11) is 0. The lowest BCUT2D eigenvalue weighted by molar-refractivity contribution is -0.138. The second-order valence-electron chi connectivity index (χ2n) is 3.68. The summed E-state index contributed by atoms with van der Waals surface area (Å²) >= 11 is 0. The van der Waals surface area contributed by atoms with Gasteiger partial charge in [-0.1, -0.05) is 6.92 Å². The highest BCUT2D eigenvalue weighted by atomic mass is 16.4. The molecule has 1 aliphatic heterocycles. The second kappa shape index (κ2) is 4.45. The minimum atomic E-state index is -0.673. The summed E-state index contributed by atoms with van der Waals surface area (Å²) in [5.74, 6) is 0.207. The Hall–Kier alpha value is -0.570. The van der Waals surface area contributed by atoms with Crippen LogP contribution in [0.15, 0.2) is 0 Å². The van der Waals surface area contributed by atoms with Gasteiger partial charge in [-0.05, 0) is 37.8 Å². The van der Waals surface area contributed by atoms with E-state index in [1.54, 1.807) is 0 Å². The third kappa shape index (κ3) is 2.81. The van der Waals surface area contributed by atoms with Gasteiger partial charge in [-0.2, -0.15) is 0 Å². The van der Waals surface area contributed by atoms with E-state index in [1.165, 1.54) is 12.8 Å². The molecule has 1 rings (SSSR count). The molecule has 0 aliphatic carbocycles. The number of hydrogen-bond acceptors (Lipinski definition) is 2. The average Bonchev–Trinajstić information content (AvgIpc) is 2.05. The van der Waals surface area contributed by atoms with Crippen LogP contribution in [0.1, 0.15) is 26.2 Å². The van der Waals surface area contributed by atoms with E-state index in [4.69, 9.17) is 5.11 Å². The second-order valence-corrected chi connectivity index (χ2v) is 3.68. The van der Waals surface area contributed by atoms with Gasteiger partial charge in [-0.25, -0.2) is 0 Å². The van der Waals surface area contributed by atoms with Crippen LogP contribution in [-0.2, 0) is 4.79 Å². The zero-order chi connectivity index (χ0) is 8.97. The highest BCUT2D eigenvalue weighted by Gasteiger charge is 2.21. The number of nitrogens with one attached hydrogen (secondary N) is 1. The van der Waals surface area contributed by atoms with E-state index in [1.807, 2.05) is 6.92 Å². The largest absolute Gasteiger partial charge is 0.481 e. The Morgan fingerprint density at radius 3 is 3.00 bits per heavy atom. The van der Waals surface area contributed by atoms with Crippen molar-refractivity contribution in [3.05, 3.63) is 0 Å². The molecule has 0 saturated carbocycles. The van der Waals surface area contributed by atoms with E-state index in [0.29, 0.717) is 18.3 Å². The molecule has 0 bridgehead atoms. The van der Waals surface area contributed by atoms with Crippen molar-refractivity contribution in [1.82, 2.24) is 5.32 Å². The number of carbonyl (C=O) groups is 1. The molecular weight excluding hydrogens is 154 g/mol. The lowest BCUT2D eigenvalue weighted by Gasteiger charge is -2.27. The quantitative estimate of drug-likeness (QED) is 0.668. The van der Waals surface area contributed by atoms with E-state index in [0.717, 1.165) is 13.1 Å². The molecule has 1 heterocycles. The molecule has 1 saturated heterocycles. The molecule has 0 aromatic heterocycles. The molecule has 3 heteroatoms. The number of carboxylic acids is 1. The van der Waals surface area contributed by atoms with Gasteiger partial charge in [0.05, 0.1) is 0 Å². The van der Waals surface area contributed by atoms with E-state index in [2.05, 4.69) is 5.32 Å². The first-order chi connectivity index (χ1) is 5.70. The molecule has 2 atom stereocenters. The SMILES string of the molecule is C[C@H](CC(=O)O)[C@H]1CCCNC1. The Morgan fingerprint density at radius 1 is 1.75 bits per heavy atom. The van der Waals surface area contributed by atoms with Gasteiger partial charge in [0, 0.05) is 6.42 Å². The van der Waals surface area contributed by atoms with Gasteiger partial charge in [0.15, 0.2) is 0 Å². The van der Waals surface area contributed by atoms with Gasteiger partial charge in [0.2, 0.25) is 0 Å². The fraction of sp³-hybridized carbons (Fsp3) is 0.889. The van der Waals surface area contributed by atoms with Crippen molar-refractivity contribution in [2.24, 2.45) is 11.8 Å². The predicted octanol–water partition coefficient (Wildman–Crippen LogP) is 1.10. The third-order valence-corrected chi connectivity index (χ3v) is 2.64. The van der Waals surface area contributed by atoms with Crippen molar-refractivity contribution in [3.8, 4) is 0 Å². The van der Waals surface area contributed by atoms with E-state index in [9.17, 15) is 4.79 Å². The molecule has 2 N–H and O–H groups in total. The maximum Gasteiger partial charge on any atom is 0.303 e. The Bertz CT molecular complexity index is 153. The fourth-order valence-electron chi connectivity index (χ4n) is 1.81. The van der Waals surface area contributed by atoms with E-state index >= 15 is 0 Å². The summed E-state index contributed by atoms with van der Waals surface area (Å²) in [6, 6.07) is 0. The normalized spacial score (nSPS) is 26.6. The fourth-order valence-corrected chi connectivity index (χ4v) is 1.81. The minimum absolute atomic E-state index is 0.312. The molecule has 0 aromatic carbocycles. The molecule has 1 aliphatic rings. The van der Waals surface area contributed by atoms with Gasteiger partial charge in [-0.3, -0.25) is 4.79 Å². The maximum absolute atomic E-state index is 10.4. The van der Waals surface area contributed by atoms with Crippen LogP contribution in [0.25, 0.3) is 0 Å². The van der Waals surface area contributed by atoms with Crippen molar-refractivity contribution >= 4 is 5.97 Å². The summed E-state index contributed by atoms with van der Waals surface area (Å²) < 4.78 is 0. The Balaban J connectivity index is 2.29. The molecular formula is C9H17NO2. The monoisotopic (exact) mass is 171 g/mol. The number of carboxylic acid groups (broad SMARTS) is 1. The van der Waals surface area contributed by atoms with Gasteiger partial charge >= 0.3 is 5.97 Å². The average molecular weight is 171 g/mol. The molecule has 0 unspecified atom stereocenters. The first kappa shape index (κ1) is 9.52. The lowest BCUT2D eigenvalue weighted by atomic mass is 9.85. The molecule has 1 fully saturated rings. The van der Waals surface area contributed by atoms with Crippen LogP contribution < -0.4 is 5.32 Å². The molecule has 0 aromatic rings. The van der Waals surface area contributed by atoms with E-state index in [-0.39, 0.29) is 0 Å². The third-order valence-electron chi connectivity index (χ3n) is 2.64. The van der Waals surface area contributed by atoms with Crippen molar-refractivity contribution in [3.63, 3.8) is 0 Å². The lowest BCUT2D eigenvalue weighted by Crippen LogP contribution is -2.33. The standard InChI is InChI=1S/C9H17NO2/c1-7(5-9(11)12)8-3-2-4-10-6-8/h7-8,10H,2-6H2,1H3,(H,11,12)/t7-,8+/m1/s1. The molecule has 0 spiro atoms. The van der Waals surface area contributed by atoms with Crippen molar-refractivity contribution in [2.45, 2.75) is 26.2 Å². The molecule has 0 amide bonds. The van der Waals surface area contributed by atoms with Crippen LogP contribution in [-0.4, -0.2) is 24.2 Å². The summed E-state index contributed by atoms with van der Waals surface area (Å²) in [6.45, 7) is 4.12. The Morgan fingerprint density at radius 2 is 2.50 bits per heavy atom. The highest BCUT2D eigenvalue weighted by molar-refractivity contribution is 5.66. The summed E-state index contributed by atoms with van der Waals surface area (Å²) in [5, 5.41) is 11.9. The first-order valence-electron chi connectivity index (χ1n) is 4.62. The molecule has 70 valence electrons. The maximum atomic E-state index is 10.4. The zero-order valence-electron chi connectivity index (χ0n) is 7.55. The Kier molecular flexibility index (Phi) is 3.53. The van der Waals surface area contributed by atoms with Gasteiger partial charge in [0.1, 0.15) is 0 Å². The van der Waals surface area contributed by atoms with Crippen molar-refractivity contribution < 1.29 is 9.90 Å². The number of piperidine rings is 1. The molecule has 12 heavy (non-hydrogen) atoms. The highest BCUT2D eigenvalue weighted by Crippen LogP contribution is 2.22. The van der Waals surface area contributed by atoms with E-state index < -0.39 is 5.97 Å². The van der Waals surface area contributed by atoms with Gasteiger partial charge in [0.25, 0.3) is 0 Å². The van der Waals surface area contributed by atoms with Crippen LogP contribution in [0.4, 0.5) is 0 Å². The summed E-state index contributed by atoms with van der Waals surface area (Å²) in [4.78, 5) is 10.4. The molecule has 0 radical (unpaired) electrons. The van der Waals surface area contributed by atoms with Crippen LogP contribution >= 0.6 is 0 Å². The van der Waals surface area contributed by atoms with Crippen LogP contribution in [0.3, 0.4) is 0 Å². The van der Waals surface area contributed by atoms with Crippen LogP contribution in [0, 0.1) is 11.8 Å². The predicted molar refractivity (Wildman–Crippen MR) is 47.0 cm³/mol. The Labute approximate surface area is 73.2 Å². The topological polar surface area (TPSA) is 49.3 Å². The first-order valence-corrected chi connectivity index (χ1v) is 4.62. The number of hydrogen-bond donors (Lipinski definition) is 2. The summed E-state index contributed by atoms with van der Waals surface area (Å²) in [5.41, 5.74) is 0.